The molecule has 1 aliphatic rings. The molecule has 1 unspecified atom stereocenters. The van der Waals surface area contributed by atoms with Gasteiger partial charge in [0, 0.05) is 25.0 Å². The smallest absolute Gasteiger partial charge is 0.240 e. The van der Waals surface area contributed by atoms with Crippen LogP contribution in [0.5, 0.6) is 0 Å². The van der Waals surface area contributed by atoms with Crippen molar-refractivity contribution < 1.29 is 4.79 Å². The lowest BCUT2D eigenvalue weighted by Crippen LogP contribution is -2.43. The number of hydrogen-bond donors (Lipinski definition) is 1. The number of hydrogen-bond acceptors (Lipinski definition) is 3. The minimum absolute atomic E-state index is 0.145. The molecule has 110 valence electrons. The van der Waals surface area contributed by atoms with Crippen LogP contribution < -0.4 is 10.6 Å². The van der Waals surface area contributed by atoms with E-state index >= 15 is 0 Å². The van der Waals surface area contributed by atoms with Crippen molar-refractivity contribution >= 4 is 17.3 Å². The van der Waals surface area contributed by atoms with Crippen LogP contribution in [-0.4, -0.2) is 37.5 Å². The van der Waals surface area contributed by atoms with Gasteiger partial charge in [-0.05, 0) is 49.6 Å². The zero-order valence-corrected chi connectivity index (χ0v) is 12.5. The lowest BCUT2D eigenvalue weighted by atomic mass is 9.96. The molecule has 20 heavy (non-hydrogen) atoms. The molecule has 1 fully saturated rings. The zero-order valence-electron chi connectivity index (χ0n) is 12.5. The monoisotopic (exact) mass is 275 g/mol. The highest BCUT2D eigenvalue weighted by Crippen LogP contribution is 2.20. The summed E-state index contributed by atoms with van der Waals surface area (Å²) in [6.45, 7) is 4.84. The molecule has 1 heterocycles. The van der Waals surface area contributed by atoms with Gasteiger partial charge in [0.25, 0.3) is 0 Å². The van der Waals surface area contributed by atoms with Gasteiger partial charge in [-0.15, -0.1) is 0 Å². The predicted octanol–water partition coefficient (Wildman–Crippen LogP) is 2.35. The van der Waals surface area contributed by atoms with Crippen molar-refractivity contribution in [3.8, 4) is 0 Å². The van der Waals surface area contributed by atoms with Gasteiger partial charge in [0.15, 0.2) is 0 Å². The van der Waals surface area contributed by atoms with E-state index in [9.17, 15) is 4.79 Å². The summed E-state index contributed by atoms with van der Waals surface area (Å²) in [6.07, 6.45) is 3.71. The second-order valence-corrected chi connectivity index (χ2v) is 5.70. The third-order valence-electron chi connectivity index (χ3n) is 4.19. The molecule has 1 atom stereocenters. The van der Waals surface area contributed by atoms with E-state index in [1.165, 1.54) is 19.3 Å². The average molecular weight is 275 g/mol. The van der Waals surface area contributed by atoms with Crippen molar-refractivity contribution in [1.29, 1.82) is 0 Å². The van der Waals surface area contributed by atoms with E-state index in [-0.39, 0.29) is 5.91 Å². The number of rotatable bonds is 4. The number of piperidine rings is 1. The summed E-state index contributed by atoms with van der Waals surface area (Å²) in [5, 5.41) is 0. The number of carbonyl (C=O) groups excluding carboxylic acids is 1. The Bertz CT molecular complexity index is 444. The molecule has 1 amide bonds. The number of carbonyl (C=O) groups is 1. The fraction of sp³-hybridized carbons (Fsp3) is 0.562. The molecule has 0 aliphatic carbocycles. The molecule has 2 rings (SSSR count). The number of likely N-dealkylation sites (N-methyl/N-ethyl adjacent to an activating group) is 1. The zero-order chi connectivity index (χ0) is 14.5. The SMILES string of the molecule is CCC1CCCN(CC(=O)N(C)c2ccc(N)cc2)C1. The van der Waals surface area contributed by atoms with Crippen LogP contribution in [0.4, 0.5) is 11.4 Å². The average Bonchev–Trinajstić information content (AvgIpc) is 2.47. The number of nitrogens with two attached hydrogens (primary N) is 1. The molecule has 0 radical (unpaired) electrons. The van der Waals surface area contributed by atoms with Crippen molar-refractivity contribution in [3.63, 3.8) is 0 Å². The molecule has 1 aromatic carbocycles. The maximum atomic E-state index is 12.3. The van der Waals surface area contributed by atoms with Gasteiger partial charge >= 0.3 is 0 Å². The Morgan fingerprint density at radius 1 is 1.40 bits per heavy atom. The lowest BCUT2D eigenvalue weighted by molar-refractivity contribution is -0.119. The fourth-order valence-corrected chi connectivity index (χ4v) is 2.77. The number of anilines is 2. The Labute approximate surface area is 121 Å². The molecular weight excluding hydrogens is 250 g/mol. The van der Waals surface area contributed by atoms with Gasteiger partial charge in [0.1, 0.15) is 0 Å². The Hall–Kier alpha value is -1.55. The van der Waals surface area contributed by atoms with Crippen LogP contribution in [-0.2, 0) is 4.79 Å². The van der Waals surface area contributed by atoms with Gasteiger partial charge < -0.3 is 10.6 Å². The molecule has 1 aromatic rings. The van der Waals surface area contributed by atoms with Crippen molar-refractivity contribution in [3.05, 3.63) is 24.3 Å². The Morgan fingerprint density at radius 3 is 2.75 bits per heavy atom. The summed E-state index contributed by atoms with van der Waals surface area (Å²) in [6, 6.07) is 7.43. The Kier molecular flexibility index (Phi) is 5.01. The largest absolute Gasteiger partial charge is 0.399 e. The van der Waals surface area contributed by atoms with E-state index < -0.39 is 0 Å². The quantitative estimate of drug-likeness (QED) is 0.858. The molecule has 0 spiro atoms. The second kappa shape index (κ2) is 6.75. The van der Waals surface area contributed by atoms with Gasteiger partial charge in [-0.3, -0.25) is 9.69 Å². The third-order valence-corrected chi connectivity index (χ3v) is 4.19. The molecular formula is C16H25N3O. The number of nitrogen functional groups attached to an aromatic ring is 1. The van der Waals surface area contributed by atoms with Crippen LogP contribution in [0.2, 0.25) is 0 Å². The van der Waals surface area contributed by atoms with Gasteiger partial charge in [-0.1, -0.05) is 13.3 Å². The maximum Gasteiger partial charge on any atom is 0.240 e. The lowest BCUT2D eigenvalue weighted by Gasteiger charge is -2.32. The topological polar surface area (TPSA) is 49.6 Å². The third kappa shape index (κ3) is 3.73. The van der Waals surface area contributed by atoms with Crippen LogP contribution in [0.3, 0.4) is 0 Å². The highest BCUT2D eigenvalue weighted by Gasteiger charge is 2.22. The van der Waals surface area contributed by atoms with Crippen LogP contribution in [0, 0.1) is 5.92 Å². The van der Waals surface area contributed by atoms with Crippen molar-refractivity contribution in [2.45, 2.75) is 26.2 Å². The van der Waals surface area contributed by atoms with Gasteiger partial charge in [-0.25, -0.2) is 0 Å². The summed E-state index contributed by atoms with van der Waals surface area (Å²) in [4.78, 5) is 16.3. The minimum Gasteiger partial charge on any atom is -0.399 e. The van der Waals surface area contributed by atoms with Crippen LogP contribution in [0.1, 0.15) is 26.2 Å². The summed E-state index contributed by atoms with van der Waals surface area (Å²) in [5.41, 5.74) is 7.29. The second-order valence-electron chi connectivity index (χ2n) is 5.70. The summed E-state index contributed by atoms with van der Waals surface area (Å²) in [7, 11) is 1.83. The first-order valence-electron chi connectivity index (χ1n) is 7.44. The van der Waals surface area contributed by atoms with E-state index in [4.69, 9.17) is 5.73 Å². The first kappa shape index (κ1) is 14.9. The summed E-state index contributed by atoms with van der Waals surface area (Å²) in [5.74, 6) is 0.893. The van der Waals surface area contributed by atoms with Crippen LogP contribution in [0.15, 0.2) is 24.3 Å². The molecule has 4 heteroatoms. The number of amides is 1. The number of likely N-dealkylation sites (tertiary alicyclic amines) is 1. The fourth-order valence-electron chi connectivity index (χ4n) is 2.77. The van der Waals surface area contributed by atoms with Gasteiger partial charge in [-0.2, -0.15) is 0 Å². The van der Waals surface area contributed by atoms with Gasteiger partial charge in [0.05, 0.1) is 6.54 Å². The molecule has 0 saturated carbocycles. The van der Waals surface area contributed by atoms with Crippen LogP contribution >= 0.6 is 0 Å². The molecule has 2 N–H and O–H groups in total. The number of nitrogens with zero attached hydrogens (tertiary/aromatic N) is 2. The van der Waals surface area contributed by atoms with E-state index in [1.54, 1.807) is 4.90 Å². The van der Waals surface area contributed by atoms with Crippen molar-refractivity contribution in [1.82, 2.24) is 4.90 Å². The standard InChI is InChI=1S/C16H25N3O/c1-3-13-5-4-10-19(11-13)12-16(20)18(2)15-8-6-14(17)7-9-15/h6-9,13H,3-5,10-12,17H2,1-2H3. The molecule has 1 aliphatic heterocycles. The van der Waals surface area contributed by atoms with E-state index in [2.05, 4.69) is 11.8 Å². The molecule has 0 bridgehead atoms. The van der Waals surface area contributed by atoms with Crippen LogP contribution in [0.25, 0.3) is 0 Å². The highest BCUT2D eigenvalue weighted by molar-refractivity contribution is 5.94. The first-order chi connectivity index (χ1) is 9.60. The highest BCUT2D eigenvalue weighted by atomic mass is 16.2. The number of benzene rings is 1. The first-order valence-corrected chi connectivity index (χ1v) is 7.44. The van der Waals surface area contributed by atoms with E-state index in [0.717, 1.165) is 30.4 Å². The Morgan fingerprint density at radius 2 is 2.10 bits per heavy atom. The Balaban J connectivity index is 1.92. The maximum absolute atomic E-state index is 12.3. The normalized spacial score (nSPS) is 19.8. The molecule has 1 saturated heterocycles. The predicted molar refractivity (Wildman–Crippen MR) is 83.7 cm³/mol. The van der Waals surface area contributed by atoms with E-state index in [0.29, 0.717) is 6.54 Å². The minimum atomic E-state index is 0.145. The summed E-state index contributed by atoms with van der Waals surface area (Å²) >= 11 is 0. The summed E-state index contributed by atoms with van der Waals surface area (Å²) < 4.78 is 0. The van der Waals surface area contributed by atoms with E-state index in [1.807, 2.05) is 31.3 Å². The van der Waals surface area contributed by atoms with Crippen molar-refractivity contribution in [2.75, 3.05) is 37.3 Å². The van der Waals surface area contributed by atoms with Gasteiger partial charge in [0.2, 0.25) is 5.91 Å². The van der Waals surface area contributed by atoms with Crippen molar-refractivity contribution in [2.24, 2.45) is 5.92 Å². The molecule has 0 aromatic heterocycles. The molecule has 4 nitrogen and oxygen atoms in total.